The van der Waals surface area contributed by atoms with Gasteiger partial charge in [0.05, 0.1) is 11.1 Å². The molecule has 3 nitrogen and oxygen atoms in total. The second-order valence-electron chi connectivity index (χ2n) is 4.64. The number of phenolic OH excluding ortho intramolecular Hbond substituents is 1. The highest BCUT2D eigenvalue weighted by atomic mass is 127. The van der Waals surface area contributed by atoms with Gasteiger partial charge in [0.1, 0.15) is 5.75 Å². The zero-order chi connectivity index (χ0) is 16.5. The molecule has 2 N–H and O–H groups in total. The van der Waals surface area contributed by atoms with Crippen molar-refractivity contribution in [3.05, 3.63) is 56.7 Å². The van der Waals surface area contributed by atoms with Crippen LogP contribution in [0.2, 0.25) is 0 Å². The second-order valence-corrected chi connectivity index (χ2v) is 5.89. The Balaban J connectivity index is 2.39. The number of phenols is 1. The van der Waals surface area contributed by atoms with Crippen molar-refractivity contribution in [3.8, 4) is 5.75 Å². The smallest absolute Gasteiger partial charge is 0.417 e. The van der Waals surface area contributed by atoms with Gasteiger partial charge in [0.25, 0.3) is 5.91 Å². The highest BCUT2D eigenvalue weighted by molar-refractivity contribution is 14.1. The maximum Gasteiger partial charge on any atom is 0.417 e. The molecule has 7 heteroatoms. The molecule has 0 aliphatic heterocycles. The third-order valence-corrected chi connectivity index (χ3v) is 3.66. The summed E-state index contributed by atoms with van der Waals surface area (Å²) in [5, 5.41) is 11.8. The normalized spacial score (nSPS) is 11.3. The third-order valence-electron chi connectivity index (χ3n) is 2.99. The van der Waals surface area contributed by atoms with Crippen molar-refractivity contribution in [3.63, 3.8) is 0 Å². The van der Waals surface area contributed by atoms with E-state index in [9.17, 15) is 23.1 Å². The lowest BCUT2D eigenvalue weighted by atomic mass is 10.1. The highest BCUT2D eigenvalue weighted by Gasteiger charge is 2.35. The van der Waals surface area contributed by atoms with Gasteiger partial charge in [-0.25, -0.2) is 0 Å². The van der Waals surface area contributed by atoms with E-state index in [1.807, 2.05) is 0 Å². The van der Waals surface area contributed by atoms with Gasteiger partial charge in [-0.15, -0.1) is 0 Å². The fraction of sp³-hybridized carbons (Fsp3) is 0.133. The molecule has 116 valence electrons. The van der Waals surface area contributed by atoms with Gasteiger partial charge in [0.2, 0.25) is 0 Å². The molecule has 0 aliphatic rings. The Hall–Kier alpha value is -1.77. The van der Waals surface area contributed by atoms with E-state index in [4.69, 9.17) is 0 Å². The first kappa shape index (κ1) is 16.6. The summed E-state index contributed by atoms with van der Waals surface area (Å²) in [6, 6.07) is 7.53. The Bertz CT molecular complexity index is 729. The molecule has 0 saturated carbocycles. The average Bonchev–Trinajstić information content (AvgIpc) is 2.40. The van der Waals surface area contributed by atoms with Gasteiger partial charge in [-0.1, -0.05) is 0 Å². The number of rotatable bonds is 2. The van der Waals surface area contributed by atoms with Crippen LogP contribution >= 0.6 is 22.6 Å². The fourth-order valence-electron chi connectivity index (χ4n) is 1.92. The predicted molar refractivity (Wildman–Crippen MR) is 85.0 cm³/mol. The van der Waals surface area contributed by atoms with Crippen molar-refractivity contribution in [2.75, 3.05) is 5.32 Å². The number of amides is 1. The summed E-state index contributed by atoms with van der Waals surface area (Å²) in [5.74, 6) is -1.33. The third kappa shape index (κ3) is 3.70. The van der Waals surface area contributed by atoms with Gasteiger partial charge >= 0.3 is 6.18 Å². The summed E-state index contributed by atoms with van der Waals surface area (Å²) in [5.41, 5.74) is -0.563. The Morgan fingerprint density at radius 2 is 1.86 bits per heavy atom. The number of carbonyl (C=O) groups excluding carboxylic acids is 1. The number of alkyl halides is 3. The molecule has 0 heterocycles. The molecule has 0 atom stereocenters. The van der Waals surface area contributed by atoms with Crippen molar-refractivity contribution < 1.29 is 23.1 Å². The minimum absolute atomic E-state index is 0.405. The molecular weight excluding hydrogens is 410 g/mol. The summed E-state index contributed by atoms with van der Waals surface area (Å²) in [6.45, 7) is 1.74. The molecule has 0 aliphatic carbocycles. The van der Waals surface area contributed by atoms with Crippen LogP contribution in [-0.4, -0.2) is 11.0 Å². The van der Waals surface area contributed by atoms with Gasteiger partial charge in [-0.05, 0) is 71.5 Å². The second kappa shape index (κ2) is 6.15. The number of nitrogens with one attached hydrogen (secondary N) is 1. The number of aromatic hydroxyl groups is 1. The summed E-state index contributed by atoms with van der Waals surface area (Å²) < 4.78 is 39.8. The maximum atomic E-state index is 12.9. The summed E-state index contributed by atoms with van der Waals surface area (Å²) in [7, 11) is 0. The maximum absolute atomic E-state index is 12.9. The lowest BCUT2D eigenvalue weighted by Gasteiger charge is -2.14. The highest BCUT2D eigenvalue weighted by Crippen LogP contribution is 2.34. The number of anilines is 1. The van der Waals surface area contributed by atoms with Crippen molar-refractivity contribution in [1.82, 2.24) is 0 Å². The van der Waals surface area contributed by atoms with Crippen molar-refractivity contribution in [1.29, 1.82) is 0 Å². The van der Waals surface area contributed by atoms with Crippen molar-refractivity contribution >= 4 is 34.2 Å². The molecule has 0 bridgehead atoms. The van der Waals surface area contributed by atoms with Crippen LogP contribution in [0.25, 0.3) is 0 Å². The van der Waals surface area contributed by atoms with E-state index in [0.29, 0.717) is 11.8 Å². The zero-order valence-electron chi connectivity index (χ0n) is 11.3. The Labute approximate surface area is 138 Å². The van der Waals surface area contributed by atoms with Crippen LogP contribution in [0.15, 0.2) is 36.4 Å². The number of aryl methyl sites for hydroxylation is 1. The van der Waals surface area contributed by atoms with Crippen molar-refractivity contribution in [2.45, 2.75) is 13.1 Å². The van der Waals surface area contributed by atoms with Crippen molar-refractivity contribution in [2.24, 2.45) is 0 Å². The van der Waals surface area contributed by atoms with Crippen LogP contribution < -0.4 is 5.32 Å². The van der Waals surface area contributed by atoms with Gasteiger partial charge in [0, 0.05) is 9.26 Å². The first-order valence-corrected chi connectivity index (χ1v) is 7.24. The van der Waals surface area contributed by atoms with Gasteiger partial charge in [0.15, 0.2) is 0 Å². The molecule has 0 spiro atoms. The summed E-state index contributed by atoms with van der Waals surface area (Å²) in [6.07, 6.45) is -4.68. The lowest BCUT2D eigenvalue weighted by Crippen LogP contribution is -2.19. The van der Waals surface area contributed by atoms with Gasteiger partial charge in [-0.2, -0.15) is 13.2 Å². The molecular formula is C15H11F3INO2. The minimum atomic E-state index is -4.68. The van der Waals surface area contributed by atoms with E-state index in [-0.39, 0.29) is 0 Å². The molecule has 22 heavy (non-hydrogen) atoms. The van der Waals surface area contributed by atoms with Crippen LogP contribution in [0.5, 0.6) is 5.75 Å². The molecule has 0 aromatic heterocycles. The average molecular weight is 421 g/mol. The van der Waals surface area contributed by atoms with E-state index in [0.717, 1.165) is 21.3 Å². The quantitative estimate of drug-likeness (QED) is 0.698. The SMILES string of the molecule is Cc1cc(I)ccc1NC(=O)c1cc(O)ccc1C(F)(F)F. The van der Waals surface area contributed by atoms with E-state index in [1.165, 1.54) is 0 Å². The number of halogens is 4. The van der Waals surface area contributed by atoms with E-state index in [2.05, 4.69) is 27.9 Å². The summed E-state index contributed by atoms with van der Waals surface area (Å²) in [4.78, 5) is 12.1. The summed E-state index contributed by atoms with van der Waals surface area (Å²) >= 11 is 2.09. The van der Waals surface area contributed by atoms with Crippen LogP contribution in [0.3, 0.4) is 0 Å². The fourth-order valence-corrected chi connectivity index (χ4v) is 2.57. The Morgan fingerprint density at radius 1 is 1.18 bits per heavy atom. The molecule has 0 saturated heterocycles. The topological polar surface area (TPSA) is 49.3 Å². The molecule has 0 unspecified atom stereocenters. The Kier molecular flexibility index (Phi) is 4.64. The lowest BCUT2D eigenvalue weighted by molar-refractivity contribution is -0.137. The molecule has 2 aromatic carbocycles. The Morgan fingerprint density at radius 3 is 2.45 bits per heavy atom. The van der Waals surface area contributed by atoms with Crippen LogP contribution in [0, 0.1) is 10.5 Å². The largest absolute Gasteiger partial charge is 0.508 e. The molecule has 0 fully saturated rings. The van der Waals surface area contributed by atoms with E-state index >= 15 is 0 Å². The number of carbonyl (C=O) groups is 1. The predicted octanol–water partition coefficient (Wildman–Crippen LogP) is 4.58. The first-order valence-electron chi connectivity index (χ1n) is 6.16. The van der Waals surface area contributed by atoms with E-state index in [1.54, 1.807) is 25.1 Å². The van der Waals surface area contributed by atoms with Gasteiger partial charge < -0.3 is 10.4 Å². The molecule has 2 aromatic rings. The van der Waals surface area contributed by atoms with E-state index < -0.39 is 29.0 Å². The van der Waals surface area contributed by atoms with Crippen LogP contribution in [0.4, 0.5) is 18.9 Å². The zero-order valence-corrected chi connectivity index (χ0v) is 13.5. The van der Waals surface area contributed by atoms with Crippen LogP contribution in [-0.2, 0) is 6.18 Å². The van der Waals surface area contributed by atoms with Crippen LogP contribution in [0.1, 0.15) is 21.5 Å². The molecule has 1 amide bonds. The molecule has 2 rings (SSSR count). The number of benzene rings is 2. The van der Waals surface area contributed by atoms with Gasteiger partial charge in [-0.3, -0.25) is 4.79 Å². The number of hydrogen-bond acceptors (Lipinski definition) is 2. The molecule has 0 radical (unpaired) electrons. The minimum Gasteiger partial charge on any atom is -0.508 e. The monoisotopic (exact) mass is 421 g/mol. The number of hydrogen-bond donors (Lipinski definition) is 2. The standard InChI is InChI=1S/C15H11F3INO2/c1-8-6-9(19)2-5-13(8)20-14(22)11-7-10(21)3-4-12(11)15(16,17)18/h2-7,21H,1H3,(H,20,22). The first-order chi connectivity index (χ1) is 10.2.